The van der Waals surface area contributed by atoms with Gasteiger partial charge in [-0.3, -0.25) is 0 Å². The van der Waals surface area contributed by atoms with Crippen molar-refractivity contribution >= 4 is 15.9 Å². The largest absolute Gasteiger partial charge is 0.316 e. The molecule has 19 heavy (non-hydrogen) atoms. The fourth-order valence-electron chi connectivity index (χ4n) is 1.97. The first-order valence-corrected chi connectivity index (χ1v) is 7.44. The van der Waals surface area contributed by atoms with Gasteiger partial charge in [0.05, 0.1) is 4.47 Å². The fraction of sp³-hybridized carbons (Fsp3) is 0.500. The fourth-order valence-corrected chi connectivity index (χ4v) is 2.40. The molecule has 0 bridgehead atoms. The van der Waals surface area contributed by atoms with Gasteiger partial charge in [-0.15, -0.1) is 6.58 Å². The summed E-state index contributed by atoms with van der Waals surface area (Å²) in [6.45, 7) is 12.4. The van der Waals surface area contributed by atoms with Crippen LogP contribution in [0.15, 0.2) is 35.3 Å². The molecule has 0 aliphatic heterocycles. The minimum absolute atomic E-state index is 0.0217. The van der Waals surface area contributed by atoms with E-state index in [9.17, 15) is 4.39 Å². The molecule has 3 heteroatoms. The summed E-state index contributed by atoms with van der Waals surface area (Å²) in [5, 5.41) is 3.47. The number of hydrogen-bond donors (Lipinski definition) is 1. The number of hydrogen-bond acceptors (Lipinski definition) is 1. The molecule has 0 aromatic heterocycles. The third kappa shape index (κ3) is 5.45. The molecule has 106 valence electrons. The zero-order valence-corrected chi connectivity index (χ0v) is 13.6. The highest BCUT2D eigenvalue weighted by Crippen LogP contribution is 2.26. The Morgan fingerprint density at radius 1 is 1.47 bits per heavy atom. The molecular formula is C16H23BrFN. The van der Waals surface area contributed by atoms with E-state index in [1.165, 1.54) is 6.07 Å². The lowest BCUT2D eigenvalue weighted by molar-refractivity contribution is 0.377. The normalized spacial score (nSPS) is 14.4. The molecule has 1 aromatic rings. The van der Waals surface area contributed by atoms with Crippen LogP contribution in [0.4, 0.5) is 4.39 Å². The SMILES string of the molecule is C=CC(C)(CNCC(C)C)Cc1ccc(F)c(Br)c1. The van der Waals surface area contributed by atoms with Crippen molar-refractivity contribution in [3.05, 3.63) is 46.7 Å². The van der Waals surface area contributed by atoms with Crippen LogP contribution in [0.5, 0.6) is 0 Å². The first-order chi connectivity index (χ1) is 8.86. The number of halogens is 2. The van der Waals surface area contributed by atoms with E-state index >= 15 is 0 Å². The zero-order chi connectivity index (χ0) is 14.5. The summed E-state index contributed by atoms with van der Waals surface area (Å²) in [6.07, 6.45) is 2.83. The Morgan fingerprint density at radius 3 is 2.68 bits per heavy atom. The highest BCUT2D eigenvalue weighted by atomic mass is 79.9. The first kappa shape index (κ1) is 16.4. The maximum atomic E-state index is 13.2. The first-order valence-electron chi connectivity index (χ1n) is 6.64. The van der Waals surface area contributed by atoms with Crippen LogP contribution in [0.2, 0.25) is 0 Å². The smallest absolute Gasteiger partial charge is 0.137 e. The maximum absolute atomic E-state index is 13.2. The summed E-state index contributed by atoms with van der Waals surface area (Å²) in [5.41, 5.74) is 1.09. The van der Waals surface area contributed by atoms with Crippen LogP contribution >= 0.6 is 15.9 Å². The Hall–Kier alpha value is -0.670. The van der Waals surface area contributed by atoms with Gasteiger partial charge in [-0.1, -0.05) is 32.9 Å². The van der Waals surface area contributed by atoms with Crippen molar-refractivity contribution in [2.45, 2.75) is 27.2 Å². The second-order valence-corrected chi connectivity index (χ2v) is 6.66. The van der Waals surface area contributed by atoms with E-state index in [0.717, 1.165) is 25.1 Å². The minimum atomic E-state index is -0.220. The van der Waals surface area contributed by atoms with Crippen molar-refractivity contribution < 1.29 is 4.39 Å². The molecule has 0 aliphatic carbocycles. The zero-order valence-electron chi connectivity index (χ0n) is 12.0. The average Bonchev–Trinajstić information content (AvgIpc) is 2.33. The van der Waals surface area contributed by atoms with Crippen LogP contribution in [0.25, 0.3) is 0 Å². The number of nitrogens with one attached hydrogen (secondary N) is 1. The Kier molecular flexibility index (Phi) is 6.21. The molecule has 0 amide bonds. The van der Waals surface area contributed by atoms with E-state index in [4.69, 9.17) is 0 Å². The summed E-state index contributed by atoms with van der Waals surface area (Å²) in [5.74, 6) is 0.413. The van der Waals surface area contributed by atoms with Gasteiger partial charge in [-0.05, 0) is 52.5 Å². The standard InChI is InChI=1S/C16H23BrFN/c1-5-16(4,11-19-10-12(2)3)9-13-6-7-15(18)14(17)8-13/h5-8,12,19H,1,9-11H2,2-4H3. The number of benzene rings is 1. The van der Waals surface area contributed by atoms with Crippen molar-refractivity contribution in [2.24, 2.45) is 11.3 Å². The molecule has 0 saturated carbocycles. The van der Waals surface area contributed by atoms with Gasteiger partial charge in [0, 0.05) is 12.0 Å². The molecule has 1 nitrogen and oxygen atoms in total. The van der Waals surface area contributed by atoms with Gasteiger partial charge >= 0.3 is 0 Å². The third-order valence-corrected chi connectivity index (χ3v) is 3.77. The van der Waals surface area contributed by atoms with Crippen molar-refractivity contribution in [1.29, 1.82) is 0 Å². The molecule has 1 aromatic carbocycles. The molecule has 1 atom stereocenters. The highest BCUT2D eigenvalue weighted by Gasteiger charge is 2.21. The van der Waals surface area contributed by atoms with Crippen LogP contribution in [0.1, 0.15) is 26.3 Å². The van der Waals surface area contributed by atoms with Crippen LogP contribution in [0, 0.1) is 17.2 Å². The molecule has 0 heterocycles. The van der Waals surface area contributed by atoms with Crippen molar-refractivity contribution in [2.75, 3.05) is 13.1 Å². The van der Waals surface area contributed by atoms with E-state index in [0.29, 0.717) is 10.4 Å². The molecule has 1 unspecified atom stereocenters. The van der Waals surface area contributed by atoms with Crippen molar-refractivity contribution in [3.63, 3.8) is 0 Å². The third-order valence-electron chi connectivity index (χ3n) is 3.17. The predicted molar refractivity (Wildman–Crippen MR) is 83.8 cm³/mol. The van der Waals surface area contributed by atoms with Gasteiger partial charge in [0.2, 0.25) is 0 Å². The maximum Gasteiger partial charge on any atom is 0.137 e. The Labute approximate surface area is 124 Å². The van der Waals surface area contributed by atoms with Crippen LogP contribution < -0.4 is 5.32 Å². The Bertz CT molecular complexity index is 431. The van der Waals surface area contributed by atoms with Gasteiger partial charge < -0.3 is 5.32 Å². The second-order valence-electron chi connectivity index (χ2n) is 5.81. The van der Waals surface area contributed by atoms with Crippen LogP contribution in [-0.2, 0) is 6.42 Å². The van der Waals surface area contributed by atoms with E-state index in [1.54, 1.807) is 0 Å². The second kappa shape index (κ2) is 7.20. The van der Waals surface area contributed by atoms with E-state index in [-0.39, 0.29) is 11.2 Å². The van der Waals surface area contributed by atoms with Crippen LogP contribution in [-0.4, -0.2) is 13.1 Å². The van der Waals surface area contributed by atoms with Gasteiger partial charge in [0.1, 0.15) is 5.82 Å². The lowest BCUT2D eigenvalue weighted by Gasteiger charge is -2.27. The van der Waals surface area contributed by atoms with Gasteiger partial charge in [-0.25, -0.2) is 4.39 Å². The molecule has 0 fully saturated rings. The topological polar surface area (TPSA) is 12.0 Å². The summed E-state index contributed by atoms with van der Waals surface area (Å²) in [4.78, 5) is 0. The van der Waals surface area contributed by atoms with Gasteiger partial charge in [-0.2, -0.15) is 0 Å². The Morgan fingerprint density at radius 2 is 2.16 bits per heavy atom. The molecule has 0 saturated heterocycles. The summed E-state index contributed by atoms with van der Waals surface area (Å²) in [7, 11) is 0. The molecular weight excluding hydrogens is 305 g/mol. The quantitative estimate of drug-likeness (QED) is 0.723. The predicted octanol–water partition coefficient (Wildman–Crippen LogP) is 4.57. The monoisotopic (exact) mass is 327 g/mol. The van der Waals surface area contributed by atoms with Crippen molar-refractivity contribution in [3.8, 4) is 0 Å². The van der Waals surface area contributed by atoms with Gasteiger partial charge in [0.25, 0.3) is 0 Å². The van der Waals surface area contributed by atoms with Gasteiger partial charge in [0.15, 0.2) is 0 Å². The molecule has 0 spiro atoms. The van der Waals surface area contributed by atoms with E-state index in [1.807, 2.05) is 18.2 Å². The summed E-state index contributed by atoms with van der Waals surface area (Å²) >= 11 is 3.23. The summed E-state index contributed by atoms with van der Waals surface area (Å²) < 4.78 is 13.7. The summed E-state index contributed by atoms with van der Waals surface area (Å²) in [6, 6.07) is 5.19. The number of rotatable bonds is 7. The lowest BCUT2D eigenvalue weighted by atomic mass is 9.83. The molecule has 1 rings (SSSR count). The Balaban J connectivity index is 2.68. The minimum Gasteiger partial charge on any atom is -0.316 e. The van der Waals surface area contributed by atoms with E-state index < -0.39 is 0 Å². The molecule has 1 N–H and O–H groups in total. The van der Waals surface area contributed by atoms with Crippen LogP contribution in [0.3, 0.4) is 0 Å². The lowest BCUT2D eigenvalue weighted by Crippen LogP contribution is -2.34. The molecule has 0 radical (unpaired) electrons. The van der Waals surface area contributed by atoms with Crippen molar-refractivity contribution in [1.82, 2.24) is 5.32 Å². The highest BCUT2D eigenvalue weighted by molar-refractivity contribution is 9.10. The average molecular weight is 328 g/mol. The van der Waals surface area contributed by atoms with E-state index in [2.05, 4.69) is 48.6 Å². The molecule has 0 aliphatic rings.